The molecule has 0 aliphatic heterocycles. The average molecular weight is 449 g/mol. The molecule has 1 aliphatic rings. The first-order valence-electron chi connectivity index (χ1n) is 8.54. The third-order valence-electron chi connectivity index (χ3n) is 4.80. The van der Waals surface area contributed by atoms with Gasteiger partial charge in [0, 0.05) is 19.6 Å². The predicted octanol–water partition coefficient (Wildman–Crippen LogP) is 3.61. The first-order valence-corrected chi connectivity index (χ1v) is 8.54. The van der Waals surface area contributed by atoms with Crippen molar-refractivity contribution in [3.8, 4) is 0 Å². The molecule has 4 nitrogen and oxygen atoms in total. The highest BCUT2D eigenvalue weighted by atomic mass is 127. The summed E-state index contributed by atoms with van der Waals surface area (Å²) in [6, 6.07) is 5.93. The van der Waals surface area contributed by atoms with Gasteiger partial charge in [-0.3, -0.25) is 4.99 Å². The standard InChI is InChI=1S/C18H28FN3O.HI/c1-3-18(10-5-11-18)13-22-17(20-4-2)21-12-16(23)14-6-8-15(19)9-7-14;/h6-9,16,23H,3-5,10-13H2,1-2H3,(H2,20,21,22);1H. The molecule has 24 heavy (non-hydrogen) atoms. The lowest BCUT2D eigenvalue weighted by Gasteiger charge is -2.40. The number of aliphatic imine (C=N–C) groups is 1. The van der Waals surface area contributed by atoms with Gasteiger partial charge in [0.1, 0.15) is 5.82 Å². The second-order valence-electron chi connectivity index (χ2n) is 6.35. The topological polar surface area (TPSA) is 56.7 Å². The molecule has 1 fully saturated rings. The number of rotatable bonds is 7. The van der Waals surface area contributed by atoms with Crippen LogP contribution in [-0.2, 0) is 0 Å². The van der Waals surface area contributed by atoms with Gasteiger partial charge < -0.3 is 15.7 Å². The van der Waals surface area contributed by atoms with Crippen LogP contribution in [0, 0.1) is 11.2 Å². The van der Waals surface area contributed by atoms with Gasteiger partial charge in [0.05, 0.1) is 6.10 Å². The monoisotopic (exact) mass is 449 g/mol. The van der Waals surface area contributed by atoms with Crippen LogP contribution in [0.1, 0.15) is 51.2 Å². The molecular formula is C18H29FIN3O. The van der Waals surface area contributed by atoms with Crippen LogP contribution in [0.25, 0.3) is 0 Å². The summed E-state index contributed by atoms with van der Waals surface area (Å²) in [4.78, 5) is 4.68. The van der Waals surface area contributed by atoms with Gasteiger partial charge in [-0.1, -0.05) is 25.5 Å². The maximum absolute atomic E-state index is 12.9. The minimum atomic E-state index is -0.691. The molecule has 136 valence electrons. The minimum Gasteiger partial charge on any atom is -0.387 e. The minimum absolute atomic E-state index is 0. The number of nitrogens with one attached hydrogen (secondary N) is 2. The Morgan fingerprint density at radius 2 is 1.92 bits per heavy atom. The van der Waals surface area contributed by atoms with Crippen LogP contribution in [-0.4, -0.2) is 30.7 Å². The second kappa shape index (κ2) is 10.2. The molecule has 1 aliphatic carbocycles. The molecule has 1 unspecified atom stereocenters. The van der Waals surface area contributed by atoms with E-state index in [1.165, 1.54) is 31.4 Å². The van der Waals surface area contributed by atoms with Crippen molar-refractivity contribution >= 4 is 29.9 Å². The molecule has 0 bridgehead atoms. The van der Waals surface area contributed by atoms with Crippen LogP contribution in [0.4, 0.5) is 4.39 Å². The average Bonchev–Trinajstić information content (AvgIpc) is 2.52. The van der Waals surface area contributed by atoms with Crippen molar-refractivity contribution in [2.45, 2.75) is 45.6 Å². The Bertz CT molecular complexity index is 512. The second-order valence-corrected chi connectivity index (χ2v) is 6.35. The molecule has 2 rings (SSSR count). The fraction of sp³-hybridized carbons (Fsp3) is 0.611. The molecule has 1 aromatic carbocycles. The quantitative estimate of drug-likeness (QED) is 0.339. The maximum atomic E-state index is 12.9. The Morgan fingerprint density at radius 3 is 2.42 bits per heavy atom. The molecule has 1 atom stereocenters. The number of hydrogen-bond donors (Lipinski definition) is 3. The van der Waals surface area contributed by atoms with E-state index in [9.17, 15) is 9.50 Å². The van der Waals surface area contributed by atoms with Gasteiger partial charge in [-0.25, -0.2) is 4.39 Å². The van der Waals surface area contributed by atoms with Crippen molar-refractivity contribution in [1.29, 1.82) is 0 Å². The molecule has 3 N–H and O–H groups in total. The van der Waals surface area contributed by atoms with Crippen LogP contribution >= 0.6 is 24.0 Å². The van der Waals surface area contributed by atoms with Gasteiger partial charge in [-0.15, -0.1) is 24.0 Å². The molecule has 0 saturated heterocycles. The first-order chi connectivity index (χ1) is 11.1. The zero-order valence-corrected chi connectivity index (χ0v) is 16.8. The van der Waals surface area contributed by atoms with Crippen LogP contribution < -0.4 is 10.6 Å². The van der Waals surface area contributed by atoms with E-state index in [1.807, 2.05) is 6.92 Å². The lowest BCUT2D eigenvalue weighted by atomic mass is 9.67. The number of halogens is 2. The van der Waals surface area contributed by atoms with Gasteiger partial charge in [0.2, 0.25) is 0 Å². The summed E-state index contributed by atoms with van der Waals surface area (Å²) < 4.78 is 12.9. The summed E-state index contributed by atoms with van der Waals surface area (Å²) in [5.74, 6) is 0.433. The fourth-order valence-corrected chi connectivity index (χ4v) is 2.88. The lowest BCUT2D eigenvalue weighted by molar-refractivity contribution is 0.139. The van der Waals surface area contributed by atoms with Gasteiger partial charge in [0.25, 0.3) is 0 Å². The van der Waals surface area contributed by atoms with E-state index >= 15 is 0 Å². The number of benzene rings is 1. The van der Waals surface area contributed by atoms with Crippen LogP contribution in [0.2, 0.25) is 0 Å². The molecule has 0 radical (unpaired) electrons. The number of hydrogen-bond acceptors (Lipinski definition) is 2. The van der Waals surface area contributed by atoms with Crippen LogP contribution in [0.15, 0.2) is 29.3 Å². The van der Waals surface area contributed by atoms with Crippen molar-refractivity contribution in [3.05, 3.63) is 35.6 Å². The van der Waals surface area contributed by atoms with E-state index in [0.717, 1.165) is 25.5 Å². The Labute approximate surface area is 161 Å². The third-order valence-corrected chi connectivity index (χ3v) is 4.80. The molecule has 1 saturated carbocycles. The Morgan fingerprint density at radius 1 is 1.25 bits per heavy atom. The van der Waals surface area contributed by atoms with E-state index in [-0.39, 0.29) is 29.8 Å². The molecule has 6 heteroatoms. The number of aliphatic hydroxyl groups excluding tert-OH is 1. The van der Waals surface area contributed by atoms with Crippen LogP contribution in [0.5, 0.6) is 0 Å². The third kappa shape index (κ3) is 5.88. The van der Waals surface area contributed by atoms with Crippen molar-refractivity contribution in [3.63, 3.8) is 0 Å². The molecule has 1 aromatic rings. The van der Waals surface area contributed by atoms with Crippen molar-refractivity contribution in [2.24, 2.45) is 10.4 Å². The maximum Gasteiger partial charge on any atom is 0.191 e. The highest BCUT2D eigenvalue weighted by molar-refractivity contribution is 14.0. The number of aliphatic hydroxyl groups is 1. The smallest absolute Gasteiger partial charge is 0.191 e. The van der Waals surface area contributed by atoms with E-state index in [0.29, 0.717) is 17.5 Å². The van der Waals surface area contributed by atoms with Crippen molar-refractivity contribution in [2.75, 3.05) is 19.6 Å². The Hall–Kier alpha value is -0.890. The van der Waals surface area contributed by atoms with E-state index in [2.05, 4.69) is 22.5 Å². The summed E-state index contributed by atoms with van der Waals surface area (Å²) in [5.41, 5.74) is 1.07. The van der Waals surface area contributed by atoms with Gasteiger partial charge in [0.15, 0.2) is 5.96 Å². The summed E-state index contributed by atoms with van der Waals surface area (Å²) >= 11 is 0. The summed E-state index contributed by atoms with van der Waals surface area (Å²) in [5, 5.41) is 16.6. The molecule has 0 heterocycles. The largest absolute Gasteiger partial charge is 0.387 e. The van der Waals surface area contributed by atoms with E-state index in [4.69, 9.17) is 0 Å². The van der Waals surface area contributed by atoms with E-state index < -0.39 is 6.10 Å². The first kappa shape index (κ1) is 21.2. The Kier molecular flexibility index (Phi) is 8.97. The van der Waals surface area contributed by atoms with Crippen molar-refractivity contribution < 1.29 is 9.50 Å². The van der Waals surface area contributed by atoms with Crippen LogP contribution in [0.3, 0.4) is 0 Å². The molecule has 0 amide bonds. The molecular weight excluding hydrogens is 420 g/mol. The zero-order valence-electron chi connectivity index (χ0n) is 14.5. The Balaban J connectivity index is 0.00000288. The lowest BCUT2D eigenvalue weighted by Crippen LogP contribution is -2.41. The number of nitrogens with zero attached hydrogens (tertiary/aromatic N) is 1. The summed E-state index contributed by atoms with van der Waals surface area (Å²) in [6.07, 6.45) is 4.28. The van der Waals surface area contributed by atoms with E-state index in [1.54, 1.807) is 12.1 Å². The van der Waals surface area contributed by atoms with Gasteiger partial charge >= 0.3 is 0 Å². The van der Waals surface area contributed by atoms with Crippen molar-refractivity contribution in [1.82, 2.24) is 10.6 Å². The summed E-state index contributed by atoms with van der Waals surface area (Å²) in [6.45, 7) is 6.19. The van der Waals surface area contributed by atoms with Gasteiger partial charge in [-0.05, 0) is 49.3 Å². The highest BCUT2D eigenvalue weighted by Gasteiger charge is 2.34. The number of guanidine groups is 1. The SMILES string of the molecule is CCNC(=NCC1(CC)CCC1)NCC(O)c1ccc(F)cc1.I. The van der Waals surface area contributed by atoms with Gasteiger partial charge in [-0.2, -0.15) is 0 Å². The zero-order chi connectivity index (χ0) is 16.7. The molecule has 0 aromatic heterocycles. The summed E-state index contributed by atoms with van der Waals surface area (Å²) in [7, 11) is 0. The highest BCUT2D eigenvalue weighted by Crippen LogP contribution is 2.43. The fourth-order valence-electron chi connectivity index (χ4n) is 2.88. The normalized spacial score (nSPS) is 17.4. The molecule has 0 spiro atoms. The predicted molar refractivity (Wildman–Crippen MR) is 107 cm³/mol.